The number of amides is 4. The SMILES string of the molecule is CCOc1cc(C)c(/C=C2\C(=O)NC(=O)N(c3cccc(Cl)c3C)C2=O)cc1C(C)C. The van der Waals surface area contributed by atoms with Gasteiger partial charge < -0.3 is 4.74 Å². The fourth-order valence-electron chi connectivity index (χ4n) is 3.47. The average molecular weight is 441 g/mol. The van der Waals surface area contributed by atoms with Gasteiger partial charge in [-0.2, -0.15) is 0 Å². The van der Waals surface area contributed by atoms with Crippen molar-refractivity contribution in [1.29, 1.82) is 0 Å². The zero-order valence-corrected chi connectivity index (χ0v) is 19.0. The minimum Gasteiger partial charge on any atom is -0.494 e. The smallest absolute Gasteiger partial charge is 0.335 e. The van der Waals surface area contributed by atoms with Gasteiger partial charge in [0.15, 0.2) is 0 Å². The second-order valence-corrected chi connectivity index (χ2v) is 8.08. The molecule has 3 rings (SSSR count). The van der Waals surface area contributed by atoms with Crippen LogP contribution >= 0.6 is 11.6 Å². The maximum atomic E-state index is 13.2. The molecule has 0 spiro atoms. The van der Waals surface area contributed by atoms with Crippen molar-refractivity contribution in [2.75, 3.05) is 11.5 Å². The maximum absolute atomic E-state index is 13.2. The number of anilines is 1. The van der Waals surface area contributed by atoms with Gasteiger partial charge in [0.1, 0.15) is 11.3 Å². The zero-order chi connectivity index (χ0) is 22.9. The summed E-state index contributed by atoms with van der Waals surface area (Å²) in [6.45, 7) is 10.1. The normalized spacial score (nSPS) is 15.6. The molecule has 2 aromatic rings. The molecule has 0 saturated carbocycles. The van der Waals surface area contributed by atoms with E-state index in [9.17, 15) is 14.4 Å². The molecule has 1 aliphatic heterocycles. The van der Waals surface area contributed by atoms with Gasteiger partial charge in [-0.05, 0) is 79.3 Å². The number of nitrogens with zero attached hydrogens (tertiary/aromatic N) is 1. The van der Waals surface area contributed by atoms with Gasteiger partial charge in [-0.25, -0.2) is 9.69 Å². The predicted molar refractivity (Wildman–Crippen MR) is 122 cm³/mol. The van der Waals surface area contributed by atoms with Gasteiger partial charge in [0.25, 0.3) is 11.8 Å². The molecule has 0 bridgehead atoms. The maximum Gasteiger partial charge on any atom is 0.335 e. The van der Waals surface area contributed by atoms with E-state index in [0.717, 1.165) is 21.8 Å². The Balaban J connectivity index is 2.10. The van der Waals surface area contributed by atoms with Crippen LogP contribution in [0.3, 0.4) is 0 Å². The van der Waals surface area contributed by atoms with E-state index >= 15 is 0 Å². The first kappa shape index (κ1) is 22.6. The molecular formula is C24H25ClN2O4. The van der Waals surface area contributed by atoms with Crippen molar-refractivity contribution in [2.45, 2.75) is 40.5 Å². The van der Waals surface area contributed by atoms with Crippen molar-refractivity contribution >= 4 is 41.2 Å². The van der Waals surface area contributed by atoms with Crippen LogP contribution in [0.5, 0.6) is 5.75 Å². The van der Waals surface area contributed by atoms with Gasteiger partial charge >= 0.3 is 6.03 Å². The summed E-state index contributed by atoms with van der Waals surface area (Å²) in [5.74, 6) is -0.464. The molecular weight excluding hydrogens is 416 g/mol. The molecule has 31 heavy (non-hydrogen) atoms. The number of aryl methyl sites for hydroxylation is 1. The van der Waals surface area contributed by atoms with Crippen LogP contribution in [0.4, 0.5) is 10.5 Å². The van der Waals surface area contributed by atoms with Gasteiger partial charge in [-0.15, -0.1) is 0 Å². The number of hydrogen-bond donors (Lipinski definition) is 1. The van der Waals surface area contributed by atoms with E-state index in [2.05, 4.69) is 5.32 Å². The van der Waals surface area contributed by atoms with Crippen LogP contribution < -0.4 is 15.0 Å². The summed E-state index contributed by atoms with van der Waals surface area (Å²) in [4.78, 5) is 39.2. The van der Waals surface area contributed by atoms with Gasteiger partial charge in [-0.3, -0.25) is 14.9 Å². The largest absolute Gasteiger partial charge is 0.494 e. The van der Waals surface area contributed by atoms with Crippen LogP contribution in [0.2, 0.25) is 5.02 Å². The molecule has 7 heteroatoms. The van der Waals surface area contributed by atoms with Crippen molar-refractivity contribution in [3.8, 4) is 5.75 Å². The number of imide groups is 2. The molecule has 0 atom stereocenters. The molecule has 1 aliphatic rings. The summed E-state index contributed by atoms with van der Waals surface area (Å²) in [7, 11) is 0. The summed E-state index contributed by atoms with van der Waals surface area (Å²) in [6, 6.07) is 7.96. The monoisotopic (exact) mass is 440 g/mol. The van der Waals surface area contributed by atoms with Crippen molar-refractivity contribution < 1.29 is 19.1 Å². The number of halogens is 1. The summed E-state index contributed by atoms with van der Waals surface area (Å²) in [5, 5.41) is 2.68. The lowest BCUT2D eigenvalue weighted by Crippen LogP contribution is -2.54. The number of carbonyl (C=O) groups excluding carboxylic acids is 3. The van der Waals surface area contributed by atoms with E-state index in [1.807, 2.05) is 39.8 Å². The van der Waals surface area contributed by atoms with E-state index in [1.54, 1.807) is 25.1 Å². The first-order chi connectivity index (χ1) is 14.6. The Hall–Kier alpha value is -3.12. The standard InChI is InChI=1S/C24H25ClN2O4/c1-6-31-21-10-14(4)16(11-17(21)13(2)3)12-18-22(28)26-24(30)27(23(18)29)20-9-7-8-19(25)15(20)5/h7-13H,6H2,1-5H3,(H,26,28,30)/b18-12+. The molecule has 0 aliphatic carbocycles. The van der Waals surface area contributed by atoms with Crippen molar-refractivity contribution in [3.63, 3.8) is 0 Å². The highest BCUT2D eigenvalue weighted by Crippen LogP contribution is 2.33. The van der Waals surface area contributed by atoms with E-state index in [0.29, 0.717) is 28.4 Å². The molecule has 6 nitrogen and oxygen atoms in total. The van der Waals surface area contributed by atoms with Gasteiger partial charge in [-0.1, -0.05) is 31.5 Å². The molecule has 1 heterocycles. The number of hydrogen-bond acceptors (Lipinski definition) is 4. The summed E-state index contributed by atoms with van der Waals surface area (Å²) >= 11 is 6.17. The Morgan fingerprint density at radius 1 is 1.16 bits per heavy atom. The van der Waals surface area contributed by atoms with E-state index in [1.165, 1.54) is 6.08 Å². The van der Waals surface area contributed by atoms with Crippen LogP contribution in [-0.4, -0.2) is 24.5 Å². The van der Waals surface area contributed by atoms with Gasteiger partial charge in [0.2, 0.25) is 0 Å². The molecule has 1 N–H and O–H groups in total. The number of urea groups is 1. The van der Waals surface area contributed by atoms with E-state index in [-0.39, 0.29) is 11.5 Å². The van der Waals surface area contributed by atoms with Crippen molar-refractivity contribution in [2.24, 2.45) is 0 Å². The first-order valence-corrected chi connectivity index (χ1v) is 10.5. The van der Waals surface area contributed by atoms with E-state index < -0.39 is 17.8 Å². The summed E-state index contributed by atoms with van der Waals surface area (Å²) in [5.41, 5.74) is 3.31. The number of benzene rings is 2. The molecule has 4 amide bonds. The third-order valence-corrected chi connectivity index (χ3v) is 5.61. The highest BCUT2D eigenvalue weighted by atomic mass is 35.5. The highest BCUT2D eigenvalue weighted by molar-refractivity contribution is 6.40. The number of barbiturate groups is 1. The van der Waals surface area contributed by atoms with E-state index in [4.69, 9.17) is 16.3 Å². The van der Waals surface area contributed by atoms with Crippen LogP contribution in [0.15, 0.2) is 35.9 Å². The molecule has 2 aromatic carbocycles. The third-order valence-electron chi connectivity index (χ3n) is 5.20. The van der Waals surface area contributed by atoms with Gasteiger partial charge in [0.05, 0.1) is 12.3 Å². The third kappa shape index (κ3) is 4.35. The van der Waals surface area contributed by atoms with Crippen LogP contribution in [0.1, 0.15) is 48.9 Å². The second-order valence-electron chi connectivity index (χ2n) is 7.68. The van der Waals surface area contributed by atoms with Crippen molar-refractivity contribution in [1.82, 2.24) is 5.32 Å². The summed E-state index contributed by atoms with van der Waals surface area (Å²) < 4.78 is 5.75. The first-order valence-electron chi connectivity index (χ1n) is 10.1. The fraction of sp³-hybridized carbons (Fsp3) is 0.292. The highest BCUT2D eigenvalue weighted by Gasteiger charge is 2.37. The average Bonchev–Trinajstić information content (AvgIpc) is 2.69. The lowest BCUT2D eigenvalue weighted by Gasteiger charge is -2.28. The Bertz CT molecular complexity index is 1100. The molecule has 1 saturated heterocycles. The number of nitrogens with one attached hydrogen (secondary N) is 1. The lowest BCUT2D eigenvalue weighted by atomic mass is 9.94. The number of rotatable bonds is 5. The second kappa shape index (κ2) is 8.94. The van der Waals surface area contributed by atoms with Gasteiger partial charge in [0, 0.05) is 5.02 Å². The number of ether oxygens (including phenoxy) is 1. The minimum absolute atomic E-state index is 0.124. The lowest BCUT2D eigenvalue weighted by molar-refractivity contribution is -0.122. The minimum atomic E-state index is -0.802. The quantitative estimate of drug-likeness (QED) is 0.515. The zero-order valence-electron chi connectivity index (χ0n) is 18.2. The molecule has 0 aromatic heterocycles. The molecule has 162 valence electrons. The fourth-order valence-corrected chi connectivity index (χ4v) is 3.64. The molecule has 0 unspecified atom stereocenters. The molecule has 1 fully saturated rings. The Morgan fingerprint density at radius 2 is 1.87 bits per heavy atom. The number of carbonyl (C=O) groups is 3. The topological polar surface area (TPSA) is 75.7 Å². The molecule has 0 radical (unpaired) electrons. The Morgan fingerprint density at radius 3 is 2.52 bits per heavy atom. The Kier molecular flexibility index (Phi) is 6.51. The van der Waals surface area contributed by atoms with Crippen LogP contribution in [0.25, 0.3) is 6.08 Å². The summed E-state index contributed by atoms with van der Waals surface area (Å²) in [6.07, 6.45) is 1.52. The van der Waals surface area contributed by atoms with Crippen molar-refractivity contribution in [3.05, 3.63) is 63.2 Å². The van der Waals surface area contributed by atoms with Crippen LogP contribution in [0, 0.1) is 13.8 Å². The Labute approximate surface area is 186 Å². The predicted octanol–water partition coefficient (Wildman–Crippen LogP) is 5.15. The van der Waals surface area contributed by atoms with Crippen LogP contribution in [-0.2, 0) is 9.59 Å².